The SMILES string of the molecule is CCNC(=NCCc1nnc2n1CCCCC2)N1CCC(c2ccccc2)C(CC)C1. The Labute approximate surface area is 187 Å². The molecule has 0 bridgehead atoms. The summed E-state index contributed by atoms with van der Waals surface area (Å²) in [6.45, 7) is 9.33. The van der Waals surface area contributed by atoms with E-state index >= 15 is 0 Å². The van der Waals surface area contributed by atoms with Gasteiger partial charge in [-0.3, -0.25) is 4.99 Å². The van der Waals surface area contributed by atoms with Crippen molar-refractivity contribution in [3.8, 4) is 0 Å². The predicted molar refractivity (Wildman–Crippen MR) is 126 cm³/mol. The van der Waals surface area contributed by atoms with Crippen LogP contribution in [0.25, 0.3) is 0 Å². The molecule has 2 unspecified atom stereocenters. The Kier molecular flexibility index (Phi) is 7.60. The van der Waals surface area contributed by atoms with Crippen LogP contribution < -0.4 is 5.32 Å². The third-order valence-electron chi connectivity index (χ3n) is 6.90. The Bertz CT molecular complexity index is 843. The van der Waals surface area contributed by atoms with Crippen molar-refractivity contribution in [3.05, 3.63) is 47.5 Å². The van der Waals surface area contributed by atoms with Crippen molar-refractivity contribution in [2.75, 3.05) is 26.2 Å². The highest BCUT2D eigenvalue weighted by Gasteiger charge is 2.30. The van der Waals surface area contributed by atoms with E-state index in [4.69, 9.17) is 4.99 Å². The average Bonchev–Trinajstić information content (AvgIpc) is 3.04. The number of fused-ring (bicyclic) bond motifs is 1. The van der Waals surface area contributed by atoms with Gasteiger partial charge in [-0.15, -0.1) is 10.2 Å². The lowest BCUT2D eigenvalue weighted by molar-refractivity contribution is 0.215. The normalized spacial score (nSPS) is 22.1. The fourth-order valence-electron chi connectivity index (χ4n) is 5.20. The number of likely N-dealkylation sites (tertiary alicyclic amines) is 1. The first-order valence-electron chi connectivity index (χ1n) is 12.3. The van der Waals surface area contributed by atoms with E-state index in [0.29, 0.717) is 11.8 Å². The van der Waals surface area contributed by atoms with Gasteiger partial charge in [0.1, 0.15) is 11.6 Å². The molecule has 1 fully saturated rings. The lowest BCUT2D eigenvalue weighted by atomic mass is 9.79. The predicted octanol–water partition coefficient (Wildman–Crippen LogP) is 4.03. The van der Waals surface area contributed by atoms with Crippen molar-refractivity contribution in [3.63, 3.8) is 0 Å². The van der Waals surface area contributed by atoms with E-state index in [2.05, 4.69) is 69.2 Å². The molecule has 0 saturated carbocycles. The molecule has 2 aliphatic rings. The van der Waals surface area contributed by atoms with Crippen molar-refractivity contribution in [1.29, 1.82) is 0 Å². The number of rotatable bonds is 6. The second-order valence-corrected chi connectivity index (χ2v) is 8.90. The van der Waals surface area contributed by atoms with Gasteiger partial charge in [0.05, 0.1) is 0 Å². The highest BCUT2D eigenvalue weighted by atomic mass is 15.3. The molecule has 2 atom stereocenters. The van der Waals surface area contributed by atoms with Gasteiger partial charge < -0.3 is 14.8 Å². The topological polar surface area (TPSA) is 58.3 Å². The molecule has 6 nitrogen and oxygen atoms in total. The highest BCUT2D eigenvalue weighted by Crippen LogP contribution is 2.34. The van der Waals surface area contributed by atoms with Crippen molar-refractivity contribution in [2.45, 2.75) is 71.3 Å². The van der Waals surface area contributed by atoms with Crippen LogP contribution in [0.1, 0.15) is 69.1 Å². The van der Waals surface area contributed by atoms with E-state index in [1.54, 1.807) is 0 Å². The number of hydrogen-bond acceptors (Lipinski definition) is 3. The molecular formula is C25H38N6. The van der Waals surface area contributed by atoms with Gasteiger partial charge in [-0.1, -0.05) is 50.1 Å². The van der Waals surface area contributed by atoms with Crippen LogP contribution in [-0.2, 0) is 19.4 Å². The van der Waals surface area contributed by atoms with Crippen molar-refractivity contribution < 1.29 is 0 Å². The van der Waals surface area contributed by atoms with Gasteiger partial charge in [-0.05, 0) is 43.6 Å². The maximum atomic E-state index is 5.00. The summed E-state index contributed by atoms with van der Waals surface area (Å²) >= 11 is 0. The summed E-state index contributed by atoms with van der Waals surface area (Å²) in [5.74, 6) is 4.63. The molecule has 3 heterocycles. The van der Waals surface area contributed by atoms with Gasteiger partial charge in [0.25, 0.3) is 0 Å². The zero-order valence-corrected chi connectivity index (χ0v) is 19.3. The zero-order valence-electron chi connectivity index (χ0n) is 19.3. The van der Waals surface area contributed by atoms with Crippen molar-refractivity contribution in [1.82, 2.24) is 25.0 Å². The van der Waals surface area contributed by atoms with Gasteiger partial charge in [0.15, 0.2) is 5.96 Å². The molecule has 0 spiro atoms. The Hall–Kier alpha value is -2.37. The zero-order chi connectivity index (χ0) is 21.5. The van der Waals surface area contributed by atoms with E-state index in [-0.39, 0.29) is 0 Å². The second-order valence-electron chi connectivity index (χ2n) is 8.90. The van der Waals surface area contributed by atoms with E-state index in [1.165, 1.54) is 37.7 Å². The Morgan fingerprint density at radius 3 is 2.77 bits per heavy atom. The molecular weight excluding hydrogens is 384 g/mol. The molecule has 2 aromatic rings. The first kappa shape index (κ1) is 21.8. The summed E-state index contributed by atoms with van der Waals surface area (Å²) in [5.41, 5.74) is 1.49. The molecule has 0 aliphatic carbocycles. The number of hydrogen-bond donors (Lipinski definition) is 1. The molecule has 0 amide bonds. The van der Waals surface area contributed by atoms with Crippen molar-refractivity contribution in [2.24, 2.45) is 10.9 Å². The lowest BCUT2D eigenvalue weighted by Crippen LogP contribution is -2.48. The molecule has 6 heteroatoms. The van der Waals surface area contributed by atoms with Gasteiger partial charge in [-0.25, -0.2) is 0 Å². The Morgan fingerprint density at radius 1 is 1.10 bits per heavy atom. The fraction of sp³-hybridized carbons (Fsp3) is 0.640. The Balaban J connectivity index is 1.40. The lowest BCUT2D eigenvalue weighted by Gasteiger charge is -2.40. The van der Waals surface area contributed by atoms with Crippen LogP contribution in [0.4, 0.5) is 0 Å². The second kappa shape index (κ2) is 10.8. The summed E-state index contributed by atoms with van der Waals surface area (Å²) in [4.78, 5) is 7.47. The third-order valence-corrected chi connectivity index (χ3v) is 6.90. The van der Waals surface area contributed by atoms with Crippen LogP contribution in [0.5, 0.6) is 0 Å². The first-order valence-corrected chi connectivity index (χ1v) is 12.3. The molecule has 1 aromatic heterocycles. The van der Waals surface area contributed by atoms with Crippen LogP contribution in [0.2, 0.25) is 0 Å². The van der Waals surface area contributed by atoms with Crippen LogP contribution in [-0.4, -0.2) is 51.8 Å². The molecule has 1 N–H and O–H groups in total. The summed E-state index contributed by atoms with van der Waals surface area (Å²) < 4.78 is 2.34. The van der Waals surface area contributed by atoms with E-state index < -0.39 is 0 Å². The van der Waals surface area contributed by atoms with Crippen LogP contribution in [0, 0.1) is 5.92 Å². The molecule has 168 valence electrons. The van der Waals surface area contributed by atoms with E-state index in [0.717, 1.165) is 63.2 Å². The van der Waals surface area contributed by atoms with Gasteiger partial charge >= 0.3 is 0 Å². The standard InChI is InChI=1S/C25H38N6/c1-3-20-19-30(18-15-22(20)21-11-7-5-8-12-21)25(26-4-2)27-16-14-24-29-28-23-13-9-6-10-17-31(23)24/h5,7-8,11-12,20,22H,3-4,6,9-10,13-19H2,1-2H3,(H,26,27). The number of aliphatic imine (C=N–C) groups is 1. The van der Waals surface area contributed by atoms with Gasteiger partial charge in [0.2, 0.25) is 0 Å². The number of guanidine groups is 1. The van der Waals surface area contributed by atoms with Gasteiger partial charge in [0, 0.05) is 45.6 Å². The Morgan fingerprint density at radius 2 is 1.97 bits per heavy atom. The van der Waals surface area contributed by atoms with E-state index in [1.807, 2.05) is 0 Å². The molecule has 4 rings (SSSR count). The number of nitrogens with zero attached hydrogens (tertiary/aromatic N) is 5. The number of benzene rings is 1. The maximum Gasteiger partial charge on any atom is 0.193 e. The van der Waals surface area contributed by atoms with Crippen LogP contribution >= 0.6 is 0 Å². The third kappa shape index (κ3) is 5.28. The number of nitrogens with one attached hydrogen (secondary N) is 1. The summed E-state index contributed by atoms with van der Waals surface area (Å²) in [6.07, 6.45) is 8.07. The maximum absolute atomic E-state index is 5.00. The molecule has 0 radical (unpaired) electrons. The minimum Gasteiger partial charge on any atom is -0.357 e. The van der Waals surface area contributed by atoms with Crippen LogP contribution in [0.3, 0.4) is 0 Å². The quantitative estimate of drug-likeness (QED) is 0.564. The van der Waals surface area contributed by atoms with Crippen LogP contribution in [0.15, 0.2) is 35.3 Å². The largest absolute Gasteiger partial charge is 0.357 e. The molecule has 31 heavy (non-hydrogen) atoms. The number of piperidine rings is 1. The van der Waals surface area contributed by atoms with Gasteiger partial charge in [-0.2, -0.15) is 0 Å². The molecule has 1 aromatic carbocycles. The molecule has 2 aliphatic heterocycles. The fourth-order valence-corrected chi connectivity index (χ4v) is 5.20. The monoisotopic (exact) mass is 422 g/mol. The number of aryl methyl sites for hydroxylation is 1. The average molecular weight is 423 g/mol. The smallest absolute Gasteiger partial charge is 0.193 e. The highest BCUT2D eigenvalue weighted by molar-refractivity contribution is 5.80. The van der Waals surface area contributed by atoms with Crippen molar-refractivity contribution >= 4 is 5.96 Å². The minimum atomic E-state index is 0.650. The van der Waals surface area contributed by atoms with E-state index in [9.17, 15) is 0 Å². The first-order chi connectivity index (χ1) is 15.3. The molecule has 1 saturated heterocycles. The summed E-state index contributed by atoms with van der Waals surface area (Å²) in [6, 6.07) is 11.0. The summed E-state index contributed by atoms with van der Waals surface area (Å²) in [5, 5.41) is 12.4. The summed E-state index contributed by atoms with van der Waals surface area (Å²) in [7, 11) is 0. The minimum absolute atomic E-state index is 0.650. The number of aromatic nitrogens is 3.